The molecule has 0 aromatic carbocycles. The van der Waals surface area contributed by atoms with E-state index in [9.17, 15) is 14.7 Å². The van der Waals surface area contributed by atoms with E-state index in [1.807, 2.05) is 0 Å². The molecule has 0 radical (unpaired) electrons. The number of amides is 2. The van der Waals surface area contributed by atoms with Gasteiger partial charge in [-0.3, -0.25) is 4.79 Å². The molecule has 22 heavy (non-hydrogen) atoms. The zero-order valence-corrected chi connectivity index (χ0v) is 16.0. The number of aliphatic hydroxyl groups is 1. The van der Waals surface area contributed by atoms with Crippen molar-refractivity contribution in [1.82, 2.24) is 9.88 Å². The van der Waals surface area contributed by atoms with Crippen LogP contribution in [0, 0.1) is 0 Å². The molecule has 1 aliphatic rings. The Balaban J connectivity index is 2.84. The summed E-state index contributed by atoms with van der Waals surface area (Å²) >= 11 is 0. The third-order valence-electron chi connectivity index (χ3n) is 4.52. The van der Waals surface area contributed by atoms with Gasteiger partial charge < -0.3 is 19.7 Å². The molecule has 1 aliphatic heterocycles. The van der Waals surface area contributed by atoms with Crippen LogP contribution >= 0.6 is 0 Å². The van der Waals surface area contributed by atoms with E-state index < -0.39 is 26.0 Å². The summed E-state index contributed by atoms with van der Waals surface area (Å²) in [4.78, 5) is 24.4. The van der Waals surface area contributed by atoms with Crippen molar-refractivity contribution in [3.05, 3.63) is 0 Å². The van der Waals surface area contributed by atoms with E-state index in [1.54, 1.807) is 25.3 Å². The van der Waals surface area contributed by atoms with Crippen LogP contribution in [0.4, 0.5) is 4.79 Å². The zero-order chi connectivity index (χ0) is 17.5. The SMILES string of the molecule is CC(C)(C)OC(=O)N[C@H]1C(=O)N([Si](C)(C)C(C)(C)C)[C@H]1CO. The average molecular weight is 331 g/mol. The van der Waals surface area contributed by atoms with Crippen LogP contribution in [0.2, 0.25) is 18.1 Å². The molecule has 6 nitrogen and oxygen atoms in total. The summed E-state index contributed by atoms with van der Waals surface area (Å²) in [6.07, 6.45) is -0.626. The molecule has 0 saturated carbocycles. The largest absolute Gasteiger partial charge is 0.444 e. The second-order valence-corrected chi connectivity index (χ2v) is 13.5. The molecule has 0 aromatic heterocycles. The highest BCUT2D eigenvalue weighted by molar-refractivity contribution is 6.80. The van der Waals surface area contributed by atoms with Crippen LogP contribution in [0.1, 0.15) is 41.5 Å². The number of ether oxygens (including phenoxy) is 1. The van der Waals surface area contributed by atoms with Gasteiger partial charge in [0.2, 0.25) is 5.91 Å². The number of nitrogens with one attached hydrogen (secondary N) is 1. The minimum absolute atomic E-state index is 0.0209. The third-order valence-corrected chi connectivity index (χ3v) is 9.94. The minimum Gasteiger partial charge on any atom is -0.444 e. The lowest BCUT2D eigenvalue weighted by Gasteiger charge is -2.57. The van der Waals surface area contributed by atoms with E-state index in [1.165, 1.54) is 0 Å². The van der Waals surface area contributed by atoms with Crippen molar-refractivity contribution in [2.24, 2.45) is 0 Å². The highest BCUT2D eigenvalue weighted by Crippen LogP contribution is 2.42. The van der Waals surface area contributed by atoms with Crippen molar-refractivity contribution in [2.45, 2.75) is 77.4 Å². The molecule has 128 valence electrons. The van der Waals surface area contributed by atoms with Gasteiger partial charge in [-0.15, -0.1) is 0 Å². The smallest absolute Gasteiger partial charge is 0.408 e. The first-order chi connectivity index (χ1) is 9.72. The number of rotatable bonds is 3. The molecular formula is C15H30N2O4Si. The van der Waals surface area contributed by atoms with Gasteiger partial charge in [0.1, 0.15) is 11.6 Å². The second kappa shape index (κ2) is 5.85. The predicted molar refractivity (Wildman–Crippen MR) is 88.1 cm³/mol. The Labute approximate surface area is 134 Å². The molecule has 1 rings (SSSR count). The van der Waals surface area contributed by atoms with Crippen LogP contribution < -0.4 is 5.32 Å². The van der Waals surface area contributed by atoms with Crippen molar-refractivity contribution in [3.8, 4) is 0 Å². The molecule has 1 heterocycles. The number of hydrogen-bond donors (Lipinski definition) is 2. The summed E-state index contributed by atoms with van der Waals surface area (Å²) in [5.74, 6) is -0.128. The highest BCUT2D eigenvalue weighted by Gasteiger charge is 2.57. The maximum atomic E-state index is 12.5. The molecule has 0 aromatic rings. The first-order valence-electron chi connectivity index (χ1n) is 7.66. The quantitative estimate of drug-likeness (QED) is 0.613. The normalized spacial score (nSPS) is 23.1. The topological polar surface area (TPSA) is 78.9 Å². The zero-order valence-electron chi connectivity index (χ0n) is 15.0. The average Bonchev–Trinajstić information content (AvgIpc) is 2.28. The second-order valence-electron chi connectivity index (χ2n) is 8.39. The highest BCUT2D eigenvalue weighted by atomic mass is 28.3. The minimum atomic E-state index is -2.08. The fourth-order valence-corrected chi connectivity index (χ4v) is 4.85. The van der Waals surface area contributed by atoms with Crippen molar-refractivity contribution in [3.63, 3.8) is 0 Å². The number of carbonyl (C=O) groups is 2. The summed E-state index contributed by atoms with van der Waals surface area (Å²) in [7, 11) is -2.08. The first kappa shape index (κ1) is 19.0. The lowest BCUT2D eigenvalue weighted by atomic mass is 10.00. The summed E-state index contributed by atoms with van der Waals surface area (Å²) in [6.45, 7) is 15.7. The fraction of sp³-hybridized carbons (Fsp3) is 0.867. The van der Waals surface area contributed by atoms with Gasteiger partial charge in [-0.25, -0.2) is 4.79 Å². The number of aliphatic hydroxyl groups excluding tert-OH is 1. The summed E-state index contributed by atoms with van der Waals surface area (Å²) in [6, 6.07) is -1.07. The number of nitrogens with zero attached hydrogens (tertiary/aromatic N) is 1. The van der Waals surface area contributed by atoms with Crippen LogP contribution in [-0.2, 0) is 9.53 Å². The molecule has 0 spiro atoms. The maximum absolute atomic E-state index is 12.5. The Morgan fingerprint density at radius 2 is 1.77 bits per heavy atom. The molecule has 0 unspecified atom stereocenters. The van der Waals surface area contributed by atoms with E-state index in [0.717, 1.165) is 0 Å². The summed E-state index contributed by atoms with van der Waals surface area (Å²) < 4.78 is 6.98. The van der Waals surface area contributed by atoms with E-state index in [0.29, 0.717) is 0 Å². The molecule has 7 heteroatoms. The van der Waals surface area contributed by atoms with Gasteiger partial charge in [-0.05, 0) is 25.8 Å². The van der Waals surface area contributed by atoms with Gasteiger partial charge >= 0.3 is 6.09 Å². The Bertz CT molecular complexity index is 451. The lowest BCUT2D eigenvalue weighted by Crippen LogP contribution is -2.79. The van der Waals surface area contributed by atoms with Crippen LogP contribution in [0.5, 0.6) is 0 Å². The Morgan fingerprint density at radius 3 is 2.14 bits per heavy atom. The number of alkyl carbamates (subject to hydrolysis) is 1. The van der Waals surface area contributed by atoms with Gasteiger partial charge in [-0.2, -0.15) is 0 Å². The van der Waals surface area contributed by atoms with Crippen LogP contribution in [0.25, 0.3) is 0 Å². The van der Waals surface area contributed by atoms with Gasteiger partial charge in [0.15, 0.2) is 8.24 Å². The van der Waals surface area contributed by atoms with E-state index in [4.69, 9.17) is 4.74 Å². The molecule has 2 N–H and O–H groups in total. The van der Waals surface area contributed by atoms with Gasteiger partial charge in [0, 0.05) is 0 Å². The Hall–Kier alpha value is -1.08. The molecule has 0 bridgehead atoms. The van der Waals surface area contributed by atoms with E-state index >= 15 is 0 Å². The van der Waals surface area contributed by atoms with E-state index in [2.05, 4.69) is 39.2 Å². The fourth-order valence-electron chi connectivity index (χ4n) is 2.38. The Kier molecular flexibility index (Phi) is 5.04. The molecule has 1 saturated heterocycles. The predicted octanol–water partition coefficient (Wildman–Crippen LogP) is 2.09. The molecule has 0 aliphatic carbocycles. The number of hydrogen-bond acceptors (Lipinski definition) is 4. The van der Waals surface area contributed by atoms with Gasteiger partial charge in [-0.1, -0.05) is 33.9 Å². The number of β-lactam (4-membered cyclic amide) rings is 1. The monoisotopic (exact) mass is 330 g/mol. The summed E-state index contributed by atoms with van der Waals surface area (Å²) in [5, 5.41) is 12.2. The van der Waals surface area contributed by atoms with Crippen molar-refractivity contribution < 1.29 is 19.4 Å². The van der Waals surface area contributed by atoms with Crippen molar-refractivity contribution in [1.29, 1.82) is 0 Å². The maximum Gasteiger partial charge on any atom is 0.408 e. The van der Waals surface area contributed by atoms with Crippen LogP contribution in [0.15, 0.2) is 0 Å². The molecule has 1 fully saturated rings. The molecule has 2 atom stereocenters. The first-order valence-corrected chi connectivity index (χ1v) is 10.6. The Morgan fingerprint density at radius 1 is 1.27 bits per heavy atom. The molecular weight excluding hydrogens is 300 g/mol. The molecule has 2 amide bonds. The third kappa shape index (κ3) is 3.63. The van der Waals surface area contributed by atoms with Gasteiger partial charge in [0.25, 0.3) is 0 Å². The standard InChI is InChI=1S/C15H30N2O4Si/c1-14(2,3)21-13(20)16-11-10(9-18)17(12(11)19)22(7,8)15(4,5)6/h10-11,18H,9H2,1-8H3,(H,16,20)/t10-,11+/m0/s1. The van der Waals surface area contributed by atoms with Crippen LogP contribution in [-0.4, -0.2) is 54.2 Å². The lowest BCUT2D eigenvalue weighted by molar-refractivity contribution is -0.145. The van der Waals surface area contributed by atoms with E-state index in [-0.39, 0.29) is 23.6 Å². The number of carbonyl (C=O) groups excluding carboxylic acids is 2. The van der Waals surface area contributed by atoms with Crippen molar-refractivity contribution >= 4 is 20.2 Å². The summed E-state index contributed by atoms with van der Waals surface area (Å²) in [5.41, 5.74) is -0.620. The van der Waals surface area contributed by atoms with Crippen molar-refractivity contribution in [2.75, 3.05) is 6.61 Å². The van der Waals surface area contributed by atoms with Gasteiger partial charge in [0.05, 0.1) is 12.6 Å². The van der Waals surface area contributed by atoms with Crippen LogP contribution in [0.3, 0.4) is 0 Å².